The molecule has 0 rings (SSSR count). The van der Waals surface area contributed by atoms with E-state index in [0.29, 0.717) is 6.54 Å². The maximum Gasteiger partial charge on any atom is 0.225 e. The van der Waals surface area contributed by atoms with Gasteiger partial charge in [0.05, 0.1) is 12.7 Å². The SMILES string of the molecule is CCCCC(CC)C(=O)N(C)CC(O)COC. The quantitative estimate of drug-likeness (QED) is 0.672. The minimum atomic E-state index is -0.599. The normalized spacial score (nSPS) is 14.4. The minimum absolute atomic E-state index is 0.0923. The molecule has 0 aliphatic carbocycles. The maximum atomic E-state index is 12.1. The van der Waals surface area contributed by atoms with Crippen LogP contribution in [-0.4, -0.2) is 49.3 Å². The van der Waals surface area contributed by atoms with Gasteiger partial charge in [0.1, 0.15) is 0 Å². The van der Waals surface area contributed by atoms with E-state index in [1.165, 1.54) is 0 Å². The number of methoxy groups -OCH3 is 1. The van der Waals surface area contributed by atoms with Gasteiger partial charge >= 0.3 is 0 Å². The molecule has 1 amide bonds. The van der Waals surface area contributed by atoms with Crippen molar-refractivity contribution in [1.29, 1.82) is 0 Å². The average Bonchev–Trinajstić information content (AvgIpc) is 2.29. The molecule has 0 aromatic rings. The van der Waals surface area contributed by atoms with Gasteiger partial charge < -0.3 is 14.7 Å². The first-order valence-electron chi connectivity index (χ1n) is 6.48. The van der Waals surface area contributed by atoms with E-state index < -0.39 is 6.10 Å². The number of amides is 1. The van der Waals surface area contributed by atoms with Crippen molar-refractivity contribution in [2.45, 2.75) is 45.6 Å². The molecule has 4 nitrogen and oxygen atoms in total. The van der Waals surface area contributed by atoms with Gasteiger partial charge in [-0.25, -0.2) is 0 Å². The van der Waals surface area contributed by atoms with Crippen molar-refractivity contribution in [1.82, 2.24) is 4.90 Å². The Morgan fingerprint density at radius 3 is 2.53 bits per heavy atom. The molecular formula is C13H27NO3. The highest BCUT2D eigenvalue weighted by Gasteiger charge is 2.21. The highest BCUT2D eigenvalue weighted by atomic mass is 16.5. The molecule has 4 heteroatoms. The van der Waals surface area contributed by atoms with E-state index >= 15 is 0 Å². The van der Waals surface area contributed by atoms with Crippen LogP contribution in [0.2, 0.25) is 0 Å². The van der Waals surface area contributed by atoms with Crippen molar-refractivity contribution in [3.63, 3.8) is 0 Å². The van der Waals surface area contributed by atoms with Crippen LogP contribution in [0, 0.1) is 5.92 Å². The molecule has 0 radical (unpaired) electrons. The van der Waals surface area contributed by atoms with Crippen molar-refractivity contribution in [2.24, 2.45) is 5.92 Å². The summed E-state index contributed by atoms with van der Waals surface area (Å²) in [5.74, 6) is 0.228. The van der Waals surface area contributed by atoms with E-state index in [-0.39, 0.29) is 18.4 Å². The number of hydrogen-bond acceptors (Lipinski definition) is 3. The third kappa shape index (κ3) is 6.64. The Labute approximate surface area is 105 Å². The number of nitrogens with zero attached hydrogens (tertiary/aromatic N) is 1. The van der Waals surface area contributed by atoms with Crippen molar-refractivity contribution in [3.8, 4) is 0 Å². The predicted molar refractivity (Wildman–Crippen MR) is 68.8 cm³/mol. The molecule has 17 heavy (non-hydrogen) atoms. The largest absolute Gasteiger partial charge is 0.389 e. The Morgan fingerprint density at radius 1 is 1.41 bits per heavy atom. The van der Waals surface area contributed by atoms with Gasteiger partial charge in [0.2, 0.25) is 5.91 Å². The molecule has 0 saturated carbocycles. The lowest BCUT2D eigenvalue weighted by Gasteiger charge is -2.25. The van der Waals surface area contributed by atoms with E-state index in [1.807, 2.05) is 6.92 Å². The summed E-state index contributed by atoms with van der Waals surface area (Å²) in [5, 5.41) is 9.58. The van der Waals surface area contributed by atoms with Crippen LogP contribution in [0.4, 0.5) is 0 Å². The summed E-state index contributed by atoms with van der Waals surface area (Å²) in [7, 11) is 3.29. The molecule has 0 bridgehead atoms. The molecule has 2 atom stereocenters. The fourth-order valence-corrected chi connectivity index (χ4v) is 1.92. The molecular weight excluding hydrogens is 218 g/mol. The molecule has 0 aliphatic rings. The number of rotatable bonds is 9. The summed E-state index contributed by atoms with van der Waals surface area (Å²) in [6.07, 6.45) is 3.40. The Bertz CT molecular complexity index is 209. The van der Waals surface area contributed by atoms with Crippen LogP contribution in [0.3, 0.4) is 0 Å². The molecule has 0 spiro atoms. The topological polar surface area (TPSA) is 49.8 Å². The number of aliphatic hydroxyl groups is 1. The molecule has 0 heterocycles. The first-order valence-corrected chi connectivity index (χ1v) is 6.48. The van der Waals surface area contributed by atoms with Crippen molar-refractivity contribution < 1.29 is 14.6 Å². The van der Waals surface area contributed by atoms with Crippen LogP contribution < -0.4 is 0 Å². The molecule has 1 N–H and O–H groups in total. The monoisotopic (exact) mass is 245 g/mol. The molecule has 0 aliphatic heterocycles. The van der Waals surface area contributed by atoms with Gasteiger partial charge in [-0.1, -0.05) is 26.7 Å². The summed E-state index contributed by atoms with van der Waals surface area (Å²) >= 11 is 0. The molecule has 0 saturated heterocycles. The van der Waals surface area contributed by atoms with E-state index in [1.54, 1.807) is 19.1 Å². The molecule has 102 valence electrons. The molecule has 2 unspecified atom stereocenters. The van der Waals surface area contributed by atoms with Gasteiger partial charge in [-0.2, -0.15) is 0 Å². The van der Waals surface area contributed by atoms with Gasteiger partial charge in [0.15, 0.2) is 0 Å². The Kier molecular flexibility index (Phi) is 9.09. The second-order valence-electron chi connectivity index (χ2n) is 4.58. The Hall–Kier alpha value is -0.610. The van der Waals surface area contributed by atoms with Crippen LogP contribution >= 0.6 is 0 Å². The summed E-state index contributed by atoms with van der Waals surface area (Å²) in [6, 6.07) is 0. The van der Waals surface area contributed by atoms with Gasteiger partial charge in [0, 0.05) is 26.6 Å². The summed E-state index contributed by atoms with van der Waals surface area (Å²) in [6.45, 7) is 4.78. The highest BCUT2D eigenvalue weighted by molar-refractivity contribution is 5.78. The van der Waals surface area contributed by atoms with Gasteiger partial charge in [-0.3, -0.25) is 4.79 Å². The number of hydrogen-bond donors (Lipinski definition) is 1. The Balaban J connectivity index is 4.15. The van der Waals surface area contributed by atoms with Gasteiger partial charge in [-0.05, 0) is 12.8 Å². The number of carbonyl (C=O) groups excluding carboxylic acids is 1. The zero-order chi connectivity index (χ0) is 13.3. The highest BCUT2D eigenvalue weighted by Crippen LogP contribution is 2.15. The summed E-state index contributed by atoms with van der Waals surface area (Å²) in [4.78, 5) is 13.7. The number of carbonyl (C=O) groups is 1. The van der Waals surface area contributed by atoms with Crippen molar-refractivity contribution in [3.05, 3.63) is 0 Å². The van der Waals surface area contributed by atoms with Crippen LogP contribution in [0.5, 0.6) is 0 Å². The van der Waals surface area contributed by atoms with Crippen LogP contribution in [0.15, 0.2) is 0 Å². The van der Waals surface area contributed by atoms with Crippen molar-refractivity contribution in [2.75, 3.05) is 27.3 Å². The smallest absolute Gasteiger partial charge is 0.225 e. The van der Waals surface area contributed by atoms with Crippen LogP contribution in [0.1, 0.15) is 39.5 Å². The standard InChI is InChI=1S/C13H27NO3/c1-5-7-8-11(6-2)13(16)14(3)9-12(15)10-17-4/h11-12,15H,5-10H2,1-4H3. The van der Waals surface area contributed by atoms with Crippen molar-refractivity contribution >= 4 is 5.91 Å². The number of ether oxygens (including phenoxy) is 1. The Morgan fingerprint density at radius 2 is 2.06 bits per heavy atom. The van der Waals surface area contributed by atoms with E-state index in [9.17, 15) is 9.90 Å². The van der Waals surface area contributed by atoms with Crippen LogP contribution in [-0.2, 0) is 9.53 Å². The predicted octanol–water partition coefficient (Wildman–Crippen LogP) is 1.67. The lowest BCUT2D eigenvalue weighted by molar-refractivity contribution is -0.136. The fraction of sp³-hybridized carbons (Fsp3) is 0.923. The lowest BCUT2D eigenvalue weighted by atomic mass is 9.98. The van der Waals surface area contributed by atoms with E-state index in [4.69, 9.17) is 4.74 Å². The zero-order valence-electron chi connectivity index (χ0n) is 11.6. The van der Waals surface area contributed by atoms with Gasteiger partial charge in [-0.15, -0.1) is 0 Å². The third-order valence-electron chi connectivity index (χ3n) is 2.97. The zero-order valence-corrected chi connectivity index (χ0v) is 11.6. The minimum Gasteiger partial charge on any atom is -0.389 e. The third-order valence-corrected chi connectivity index (χ3v) is 2.97. The summed E-state index contributed by atoms with van der Waals surface area (Å²) in [5.41, 5.74) is 0. The second kappa shape index (κ2) is 9.42. The second-order valence-corrected chi connectivity index (χ2v) is 4.58. The maximum absolute atomic E-state index is 12.1. The molecule has 0 aromatic carbocycles. The first kappa shape index (κ1) is 16.4. The number of unbranched alkanes of at least 4 members (excludes halogenated alkanes) is 1. The van der Waals surface area contributed by atoms with E-state index in [2.05, 4.69) is 6.92 Å². The number of aliphatic hydroxyl groups excluding tert-OH is 1. The molecule has 0 aromatic heterocycles. The van der Waals surface area contributed by atoms with Crippen LogP contribution in [0.25, 0.3) is 0 Å². The van der Waals surface area contributed by atoms with E-state index in [0.717, 1.165) is 25.7 Å². The first-order chi connectivity index (χ1) is 8.06. The summed E-state index contributed by atoms with van der Waals surface area (Å²) < 4.78 is 4.85. The lowest BCUT2D eigenvalue weighted by Crippen LogP contribution is -2.39. The fourth-order valence-electron chi connectivity index (χ4n) is 1.92. The average molecular weight is 245 g/mol. The van der Waals surface area contributed by atoms with Gasteiger partial charge in [0.25, 0.3) is 0 Å². The number of likely N-dealkylation sites (N-methyl/N-ethyl adjacent to an activating group) is 1. The molecule has 0 fully saturated rings.